The minimum Gasteiger partial charge on any atom is -0.356 e. The molecule has 1 saturated heterocycles. The van der Waals surface area contributed by atoms with E-state index in [-0.39, 0.29) is 29.9 Å². The smallest absolute Gasteiger partial charge is 0.227 e. The Morgan fingerprint density at radius 1 is 1.21 bits per heavy atom. The van der Waals surface area contributed by atoms with Crippen LogP contribution in [0.1, 0.15) is 45.1 Å². The van der Waals surface area contributed by atoms with E-state index in [9.17, 15) is 4.79 Å². The first kappa shape index (κ1) is 23.9. The molecule has 0 aromatic heterocycles. The Hall–Kier alpha value is -1.35. The van der Waals surface area contributed by atoms with E-state index in [4.69, 9.17) is 0 Å². The lowest BCUT2D eigenvalue weighted by atomic mass is 10.0. The third-order valence-corrected chi connectivity index (χ3v) is 5.87. The van der Waals surface area contributed by atoms with Crippen LogP contribution in [-0.2, 0) is 11.2 Å². The number of piperidine rings is 1. The van der Waals surface area contributed by atoms with Crippen molar-refractivity contribution >= 4 is 41.5 Å². The molecule has 0 atom stereocenters. The molecule has 0 bridgehead atoms. The van der Waals surface area contributed by atoms with Gasteiger partial charge in [-0.05, 0) is 51.2 Å². The van der Waals surface area contributed by atoms with Crippen LogP contribution in [0, 0.1) is 0 Å². The third kappa shape index (κ3) is 6.57. The number of amides is 1. The van der Waals surface area contributed by atoms with Crippen LogP contribution in [0.15, 0.2) is 29.3 Å². The van der Waals surface area contributed by atoms with Crippen molar-refractivity contribution in [2.45, 2.75) is 58.0 Å². The Balaban J connectivity index is 0.00000300. The van der Waals surface area contributed by atoms with Gasteiger partial charge < -0.3 is 20.4 Å². The number of benzene rings is 1. The van der Waals surface area contributed by atoms with E-state index in [1.807, 2.05) is 24.1 Å². The Morgan fingerprint density at radius 2 is 1.93 bits per heavy atom. The van der Waals surface area contributed by atoms with E-state index in [1.54, 1.807) is 0 Å². The van der Waals surface area contributed by atoms with Crippen LogP contribution in [0.25, 0.3) is 0 Å². The summed E-state index contributed by atoms with van der Waals surface area (Å²) >= 11 is 0. The van der Waals surface area contributed by atoms with Crippen molar-refractivity contribution in [1.82, 2.24) is 15.5 Å². The molecule has 29 heavy (non-hydrogen) atoms. The van der Waals surface area contributed by atoms with Crippen molar-refractivity contribution in [3.63, 3.8) is 0 Å². The summed E-state index contributed by atoms with van der Waals surface area (Å²) in [6.45, 7) is 8.36. The summed E-state index contributed by atoms with van der Waals surface area (Å²) in [6, 6.07) is 9.32. The molecule has 2 aliphatic heterocycles. The number of nitrogens with one attached hydrogen (secondary N) is 2. The molecule has 2 N–H and O–H groups in total. The molecule has 1 aromatic carbocycles. The van der Waals surface area contributed by atoms with Crippen molar-refractivity contribution in [3.05, 3.63) is 29.8 Å². The molecule has 7 heteroatoms. The molecule has 6 nitrogen and oxygen atoms in total. The topological polar surface area (TPSA) is 60.0 Å². The van der Waals surface area contributed by atoms with Gasteiger partial charge in [0.25, 0.3) is 0 Å². The number of nitrogens with zero attached hydrogens (tertiary/aromatic N) is 3. The maximum Gasteiger partial charge on any atom is 0.227 e. The van der Waals surface area contributed by atoms with Crippen LogP contribution in [0.4, 0.5) is 5.69 Å². The molecular formula is C22H36IN5O. The maximum absolute atomic E-state index is 12.6. The van der Waals surface area contributed by atoms with Crippen molar-refractivity contribution in [3.8, 4) is 0 Å². The Morgan fingerprint density at radius 3 is 2.62 bits per heavy atom. The van der Waals surface area contributed by atoms with Crippen LogP contribution in [0.2, 0.25) is 0 Å². The lowest BCUT2D eigenvalue weighted by Gasteiger charge is -2.35. The number of rotatable bonds is 6. The second kappa shape index (κ2) is 11.7. The van der Waals surface area contributed by atoms with Crippen molar-refractivity contribution in [2.75, 3.05) is 38.1 Å². The fourth-order valence-corrected chi connectivity index (χ4v) is 4.13. The first-order chi connectivity index (χ1) is 13.6. The number of likely N-dealkylation sites (tertiary alicyclic amines) is 1. The average molecular weight is 513 g/mol. The Bertz CT molecular complexity index is 686. The summed E-state index contributed by atoms with van der Waals surface area (Å²) in [6.07, 6.45) is 4.62. The van der Waals surface area contributed by atoms with Gasteiger partial charge in [-0.3, -0.25) is 9.79 Å². The highest BCUT2D eigenvalue weighted by molar-refractivity contribution is 14.0. The van der Waals surface area contributed by atoms with Crippen LogP contribution in [0.3, 0.4) is 0 Å². The molecule has 1 fully saturated rings. The molecule has 1 amide bonds. The van der Waals surface area contributed by atoms with Crippen LogP contribution < -0.4 is 15.5 Å². The number of para-hydroxylation sites is 1. The molecule has 2 heterocycles. The number of guanidine groups is 1. The standard InChI is InChI=1S/C22H35N5O.HI/c1-17(2)26-14-11-19(12-15-26)25-22(23-3)24-13-6-9-21(28)27-16-10-18-7-4-5-8-20(18)27;/h4-5,7-8,17,19H,6,9-16H2,1-3H3,(H2,23,24,25);1H. The highest BCUT2D eigenvalue weighted by atomic mass is 127. The Kier molecular flexibility index (Phi) is 9.68. The second-order valence-corrected chi connectivity index (χ2v) is 8.07. The zero-order valence-corrected chi connectivity index (χ0v) is 20.3. The molecular weight excluding hydrogens is 477 g/mol. The van der Waals surface area contributed by atoms with Crippen LogP contribution in [0.5, 0.6) is 0 Å². The summed E-state index contributed by atoms with van der Waals surface area (Å²) in [4.78, 5) is 21.4. The van der Waals surface area contributed by atoms with Gasteiger partial charge in [-0.1, -0.05) is 18.2 Å². The number of hydrogen-bond acceptors (Lipinski definition) is 3. The van der Waals surface area contributed by atoms with Gasteiger partial charge in [0.05, 0.1) is 0 Å². The predicted octanol–water partition coefficient (Wildman–Crippen LogP) is 3.01. The number of aliphatic imine (C=N–C) groups is 1. The summed E-state index contributed by atoms with van der Waals surface area (Å²) < 4.78 is 0. The van der Waals surface area contributed by atoms with Crippen LogP contribution in [-0.4, -0.2) is 62.1 Å². The summed E-state index contributed by atoms with van der Waals surface area (Å²) in [5, 5.41) is 6.91. The predicted molar refractivity (Wildman–Crippen MR) is 131 cm³/mol. The monoisotopic (exact) mass is 513 g/mol. The minimum absolute atomic E-state index is 0. The number of halogens is 1. The molecule has 3 rings (SSSR count). The molecule has 0 spiro atoms. The number of hydrogen-bond donors (Lipinski definition) is 2. The second-order valence-electron chi connectivity index (χ2n) is 8.07. The van der Waals surface area contributed by atoms with E-state index < -0.39 is 0 Å². The van der Waals surface area contributed by atoms with Crippen molar-refractivity contribution in [2.24, 2.45) is 4.99 Å². The first-order valence-electron chi connectivity index (χ1n) is 10.7. The maximum atomic E-state index is 12.6. The van der Waals surface area contributed by atoms with Gasteiger partial charge in [0.1, 0.15) is 0 Å². The molecule has 1 aromatic rings. The zero-order valence-electron chi connectivity index (χ0n) is 18.0. The lowest BCUT2D eigenvalue weighted by Crippen LogP contribution is -2.50. The number of fused-ring (bicyclic) bond motifs is 1. The van der Waals surface area contributed by atoms with Crippen molar-refractivity contribution < 1.29 is 4.79 Å². The largest absolute Gasteiger partial charge is 0.356 e. The summed E-state index contributed by atoms with van der Waals surface area (Å²) in [7, 11) is 1.81. The van der Waals surface area contributed by atoms with Gasteiger partial charge in [-0.25, -0.2) is 0 Å². The molecule has 0 radical (unpaired) electrons. The van der Waals surface area contributed by atoms with E-state index in [1.165, 1.54) is 5.56 Å². The van der Waals surface area contributed by atoms with Gasteiger partial charge in [-0.2, -0.15) is 0 Å². The fraction of sp³-hybridized carbons (Fsp3) is 0.636. The molecule has 0 unspecified atom stereocenters. The SMILES string of the molecule is CN=C(NCCCC(=O)N1CCc2ccccc21)NC1CCN(C(C)C)CC1.I. The molecule has 0 saturated carbocycles. The summed E-state index contributed by atoms with van der Waals surface area (Å²) in [5.41, 5.74) is 2.37. The van der Waals surface area contributed by atoms with Gasteiger partial charge in [0.2, 0.25) is 5.91 Å². The molecule has 2 aliphatic rings. The lowest BCUT2D eigenvalue weighted by molar-refractivity contribution is -0.118. The number of carbonyl (C=O) groups is 1. The van der Waals surface area contributed by atoms with Gasteiger partial charge in [0.15, 0.2) is 5.96 Å². The normalized spacial score (nSPS) is 17.8. The third-order valence-electron chi connectivity index (χ3n) is 5.87. The number of carbonyl (C=O) groups excluding carboxylic acids is 1. The zero-order chi connectivity index (χ0) is 19.9. The number of anilines is 1. The van der Waals surface area contributed by atoms with E-state index in [2.05, 4.69) is 46.5 Å². The quantitative estimate of drug-likeness (QED) is 0.266. The minimum atomic E-state index is 0. The van der Waals surface area contributed by atoms with E-state index in [0.717, 1.165) is 63.5 Å². The summed E-state index contributed by atoms with van der Waals surface area (Å²) in [5.74, 6) is 1.07. The van der Waals surface area contributed by atoms with E-state index in [0.29, 0.717) is 18.5 Å². The molecule has 162 valence electrons. The van der Waals surface area contributed by atoms with Crippen LogP contribution >= 0.6 is 24.0 Å². The molecule has 0 aliphatic carbocycles. The highest BCUT2D eigenvalue weighted by Gasteiger charge is 2.24. The first-order valence-corrected chi connectivity index (χ1v) is 10.7. The average Bonchev–Trinajstić information content (AvgIpc) is 3.14. The van der Waals surface area contributed by atoms with Gasteiger partial charge in [0, 0.05) is 57.4 Å². The van der Waals surface area contributed by atoms with Crippen molar-refractivity contribution in [1.29, 1.82) is 0 Å². The fourth-order valence-electron chi connectivity index (χ4n) is 4.13. The van der Waals surface area contributed by atoms with Gasteiger partial charge in [-0.15, -0.1) is 24.0 Å². The van der Waals surface area contributed by atoms with E-state index >= 15 is 0 Å². The highest BCUT2D eigenvalue weighted by Crippen LogP contribution is 2.27. The van der Waals surface area contributed by atoms with Gasteiger partial charge >= 0.3 is 0 Å². The Labute approximate surface area is 192 Å².